The minimum absolute atomic E-state index is 0.0354. The van der Waals surface area contributed by atoms with Crippen LogP contribution in [0.2, 0.25) is 5.02 Å². The van der Waals surface area contributed by atoms with E-state index in [0.29, 0.717) is 10.6 Å². The van der Waals surface area contributed by atoms with Crippen molar-refractivity contribution in [1.29, 1.82) is 0 Å². The molecule has 1 unspecified atom stereocenters. The van der Waals surface area contributed by atoms with Gasteiger partial charge in [0.25, 0.3) is 0 Å². The lowest BCUT2D eigenvalue weighted by atomic mass is 10.2. The van der Waals surface area contributed by atoms with E-state index in [1.54, 1.807) is 6.07 Å². The van der Waals surface area contributed by atoms with Gasteiger partial charge in [-0.15, -0.1) is 0 Å². The molecule has 0 bridgehead atoms. The van der Waals surface area contributed by atoms with Gasteiger partial charge in [-0.3, -0.25) is 4.21 Å². The van der Waals surface area contributed by atoms with E-state index in [2.05, 4.69) is 15.9 Å². The third kappa shape index (κ3) is 3.69. The molecule has 1 atom stereocenters. The second kappa shape index (κ2) is 6.52. The predicted octanol–water partition coefficient (Wildman–Crippen LogP) is 4.11. The summed E-state index contributed by atoms with van der Waals surface area (Å²) >= 11 is 9.15. The molecular formula is C14H10BrClO3S. The highest BCUT2D eigenvalue weighted by atomic mass is 79.9. The molecule has 0 saturated heterocycles. The van der Waals surface area contributed by atoms with Gasteiger partial charge in [0, 0.05) is 9.37 Å². The summed E-state index contributed by atoms with van der Waals surface area (Å²) < 4.78 is 13.2. The van der Waals surface area contributed by atoms with E-state index >= 15 is 0 Å². The summed E-state index contributed by atoms with van der Waals surface area (Å²) in [4.78, 5) is 11.5. The van der Waals surface area contributed by atoms with Crippen LogP contribution in [0.3, 0.4) is 0 Å². The van der Waals surface area contributed by atoms with Gasteiger partial charge in [0.05, 0.1) is 27.1 Å². The number of benzene rings is 2. The minimum atomic E-state index is -1.32. The summed E-state index contributed by atoms with van der Waals surface area (Å²) in [6.07, 6.45) is 0. The molecule has 0 aromatic heterocycles. The van der Waals surface area contributed by atoms with Crippen molar-refractivity contribution in [1.82, 2.24) is 0 Å². The number of hydrogen-bond acceptors (Lipinski definition) is 2. The minimum Gasteiger partial charge on any atom is -0.478 e. The maximum Gasteiger partial charge on any atom is 0.337 e. The van der Waals surface area contributed by atoms with Crippen molar-refractivity contribution in [2.45, 2.75) is 10.6 Å². The number of hydrogen-bond donors (Lipinski definition) is 1. The number of rotatable bonds is 4. The third-order valence-corrected chi connectivity index (χ3v) is 4.82. The fourth-order valence-corrected chi connectivity index (χ4v) is 3.43. The lowest BCUT2D eigenvalue weighted by Crippen LogP contribution is -2.02. The number of carboxylic acids is 1. The topological polar surface area (TPSA) is 54.4 Å². The number of aromatic carboxylic acids is 1. The van der Waals surface area contributed by atoms with E-state index in [4.69, 9.17) is 16.7 Å². The smallest absolute Gasteiger partial charge is 0.337 e. The molecule has 0 aliphatic rings. The summed E-state index contributed by atoms with van der Waals surface area (Å²) in [5, 5.41) is 9.15. The Kier molecular flexibility index (Phi) is 4.96. The van der Waals surface area contributed by atoms with Gasteiger partial charge in [-0.25, -0.2) is 4.79 Å². The predicted molar refractivity (Wildman–Crippen MR) is 82.7 cm³/mol. The third-order valence-electron chi connectivity index (χ3n) is 2.62. The molecule has 0 fully saturated rings. The molecule has 20 heavy (non-hydrogen) atoms. The fraction of sp³-hybridized carbons (Fsp3) is 0.0714. The molecule has 0 spiro atoms. The standard InChI is InChI=1S/C14H10BrClO3S/c15-10-3-1-2-9(6-10)8-20(19)11-4-5-13(16)12(7-11)14(17)18/h1-7H,8H2,(H,17,18). The summed E-state index contributed by atoms with van der Waals surface area (Å²) in [6, 6.07) is 11.9. The zero-order valence-electron chi connectivity index (χ0n) is 10.2. The van der Waals surface area contributed by atoms with Crippen LogP contribution < -0.4 is 0 Å². The monoisotopic (exact) mass is 372 g/mol. The Bertz CT molecular complexity index is 688. The molecule has 0 aliphatic heterocycles. The van der Waals surface area contributed by atoms with Crippen LogP contribution in [0.5, 0.6) is 0 Å². The lowest BCUT2D eigenvalue weighted by Gasteiger charge is -2.05. The average Bonchev–Trinajstić information content (AvgIpc) is 2.38. The van der Waals surface area contributed by atoms with E-state index in [1.807, 2.05) is 24.3 Å². The van der Waals surface area contributed by atoms with Crippen molar-refractivity contribution in [3.8, 4) is 0 Å². The van der Waals surface area contributed by atoms with E-state index in [1.165, 1.54) is 12.1 Å². The largest absolute Gasteiger partial charge is 0.478 e. The second-order valence-electron chi connectivity index (χ2n) is 4.07. The van der Waals surface area contributed by atoms with Gasteiger partial charge in [-0.05, 0) is 35.9 Å². The van der Waals surface area contributed by atoms with Crippen molar-refractivity contribution in [2.24, 2.45) is 0 Å². The van der Waals surface area contributed by atoms with Crippen LogP contribution in [0.1, 0.15) is 15.9 Å². The first-order valence-electron chi connectivity index (χ1n) is 5.63. The number of halogens is 2. The Labute approximate surface area is 132 Å². The van der Waals surface area contributed by atoms with Crippen LogP contribution in [0.4, 0.5) is 0 Å². The molecule has 0 aliphatic carbocycles. The van der Waals surface area contributed by atoms with Crippen molar-refractivity contribution >= 4 is 44.3 Å². The molecule has 2 rings (SSSR count). The van der Waals surface area contributed by atoms with Gasteiger partial charge in [0.15, 0.2) is 0 Å². The Morgan fingerprint density at radius 1 is 1.25 bits per heavy atom. The van der Waals surface area contributed by atoms with Crippen LogP contribution >= 0.6 is 27.5 Å². The summed E-state index contributed by atoms with van der Waals surface area (Å²) in [5.74, 6) is -0.809. The zero-order valence-corrected chi connectivity index (χ0v) is 13.3. The van der Waals surface area contributed by atoms with E-state index in [-0.39, 0.29) is 10.6 Å². The maximum absolute atomic E-state index is 12.3. The Balaban J connectivity index is 2.26. The lowest BCUT2D eigenvalue weighted by molar-refractivity contribution is 0.0697. The van der Waals surface area contributed by atoms with Crippen molar-refractivity contribution in [2.75, 3.05) is 0 Å². The quantitative estimate of drug-likeness (QED) is 0.877. The first-order valence-corrected chi connectivity index (χ1v) is 8.12. The van der Waals surface area contributed by atoms with Crippen molar-refractivity contribution in [3.05, 3.63) is 63.1 Å². The van der Waals surface area contributed by atoms with Crippen LogP contribution in [-0.2, 0) is 16.6 Å². The van der Waals surface area contributed by atoms with Gasteiger partial charge in [-0.1, -0.05) is 39.7 Å². The normalized spacial score (nSPS) is 12.1. The van der Waals surface area contributed by atoms with Crippen LogP contribution in [-0.4, -0.2) is 15.3 Å². The van der Waals surface area contributed by atoms with Gasteiger partial charge < -0.3 is 5.11 Å². The fourth-order valence-electron chi connectivity index (χ4n) is 1.67. The van der Waals surface area contributed by atoms with Gasteiger partial charge in [0.2, 0.25) is 0 Å². The summed E-state index contributed by atoms with van der Waals surface area (Å²) in [5.41, 5.74) is 0.872. The van der Waals surface area contributed by atoms with Gasteiger partial charge in [0.1, 0.15) is 0 Å². The Morgan fingerprint density at radius 3 is 2.65 bits per heavy atom. The average molecular weight is 374 g/mol. The van der Waals surface area contributed by atoms with E-state index < -0.39 is 16.8 Å². The highest BCUT2D eigenvalue weighted by molar-refractivity contribution is 9.10. The molecule has 104 valence electrons. The highest BCUT2D eigenvalue weighted by Crippen LogP contribution is 2.22. The molecule has 1 N–H and O–H groups in total. The first-order chi connectivity index (χ1) is 9.47. The van der Waals surface area contributed by atoms with Crippen molar-refractivity contribution in [3.63, 3.8) is 0 Å². The molecule has 6 heteroatoms. The molecule has 0 radical (unpaired) electrons. The number of carboxylic acid groups (broad SMARTS) is 1. The summed E-state index contributed by atoms with van der Waals surface area (Å²) in [6.45, 7) is 0. The van der Waals surface area contributed by atoms with Crippen molar-refractivity contribution < 1.29 is 14.1 Å². The SMILES string of the molecule is O=C(O)c1cc(S(=O)Cc2cccc(Br)c2)ccc1Cl. The molecular weight excluding hydrogens is 364 g/mol. The second-order valence-corrected chi connectivity index (χ2v) is 6.84. The van der Waals surface area contributed by atoms with Crippen LogP contribution in [0.25, 0.3) is 0 Å². The highest BCUT2D eigenvalue weighted by Gasteiger charge is 2.13. The van der Waals surface area contributed by atoms with E-state index in [9.17, 15) is 9.00 Å². The number of carbonyl (C=O) groups is 1. The molecule has 0 heterocycles. The molecule has 2 aromatic carbocycles. The molecule has 0 amide bonds. The molecule has 2 aromatic rings. The van der Waals surface area contributed by atoms with Crippen LogP contribution in [0, 0.1) is 0 Å². The molecule has 3 nitrogen and oxygen atoms in total. The first kappa shape index (κ1) is 15.2. The summed E-state index contributed by atoms with van der Waals surface area (Å²) in [7, 11) is -1.32. The van der Waals surface area contributed by atoms with Gasteiger partial charge >= 0.3 is 5.97 Å². The zero-order chi connectivity index (χ0) is 14.7. The maximum atomic E-state index is 12.3. The van der Waals surface area contributed by atoms with Crippen LogP contribution in [0.15, 0.2) is 51.8 Å². The Hall–Kier alpha value is -1.17. The van der Waals surface area contributed by atoms with Gasteiger partial charge in [-0.2, -0.15) is 0 Å². The molecule has 0 saturated carbocycles. The van der Waals surface area contributed by atoms with E-state index in [0.717, 1.165) is 10.0 Å². The Morgan fingerprint density at radius 2 is 2.00 bits per heavy atom.